The van der Waals surface area contributed by atoms with Crippen LogP contribution in [0.25, 0.3) is 0 Å². The number of ether oxygens (including phenoxy) is 1. The van der Waals surface area contributed by atoms with Crippen molar-refractivity contribution in [1.82, 2.24) is 5.32 Å². The Bertz CT molecular complexity index is 218. The molecule has 2 N–H and O–H groups in total. The Labute approximate surface area is 105 Å². The van der Waals surface area contributed by atoms with Crippen LogP contribution in [0.2, 0.25) is 0 Å². The molecule has 0 unspecified atom stereocenters. The molecule has 0 spiro atoms. The first-order valence-corrected chi connectivity index (χ1v) is 7.18. The Morgan fingerprint density at radius 2 is 1.82 bits per heavy atom. The number of hydrogen-bond acceptors (Lipinski definition) is 3. The first-order chi connectivity index (χ1) is 8.24. The fourth-order valence-electron chi connectivity index (χ4n) is 3.05. The summed E-state index contributed by atoms with van der Waals surface area (Å²) >= 11 is 0. The largest absolute Gasteiger partial charge is 0.394 e. The van der Waals surface area contributed by atoms with Crippen molar-refractivity contribution in [3.63, 3.8) is 0 Å². The number of aliphatic hydroxyl groups excluding tert-OH is 1. The van der Waals surface area contributed by atoms with Gasteiger partial charge in [0.25, 0.3) is 0 Å². The highest BCUT2D eigenvalue weighted by atomic mass is 16.5. The van der Waals surface area contributed by atoms with E-state index in [-0.39, 0.29) is 12.1 Å². The molecule has 0 aromatic heterocycles. The highest BCUT2D eigenvalue weighted by Crippen LogP contribution is 2.29. The minimum atomic E-state index is -0.0543. The molecule has 3 heteroatoms. The molecule has 0 aromatic rings. The SMILES string of the molecule is CC1CCC(CNC2(CO)CCOCC2)CC1. The second-order valence-corrected chi connectivity index (χ2v) is 6.06. The highest BCUT2D eigenvalue weighted by molar-refractivity contribution is 4.90. The Morgan fingerprint density at radius 3 is 2.41 bits per heavy atom. The van der Waals surface area contributed by atoms with Crippen LogP contribution in [0.1, 0.15) is 45.4 Å². The van der Waals surface area contributed by atoms with Gasteiger partial charge in [0.15, 0.2) is 0 Å². The molecule has 1 saturated heterocycles. The normalized spacial score (nSPS) is 33.5. The van der Waals surface area contributed by atoms with Gasteiger partial charge in [-0.05, 0) is 44.1 Å². The maximum atomic E-state index is 9.60. The maximum Gasteiger partial charge on any atom is 0.0615 e. The minimum Gasteiger partial charge on any atom is -0.394 e. The molecular formula is C14H27NO2. The molecule has 3 nitrogen and oxygen atoms in total. The molecule has 0 aromatic carbocycles. The highest BCUT2D eigenvalue weighted by Gasteiger charge is 2.32. The standard InChI is InChI=1S/C14H27NO2/c1-12-2-4-13(5-3-12)10-15-14(11-16)6-8-17-9-7-14/h12-13,15-16H,2-11H2,1H3. The summed E-state index contributed by atoms with van der Waals surface area (Å²) in [7, 11) is 0. The summed E-state index contributed by atoms with van der Waals surface area (Å²) in [5, 5.41) is 13.2. The number of rotatable bonds is 4. The fourth-order valence-corrected chi connectivity index (χ4v) is 3.05. The van der Waals surface area contributed by atoms with Gasteiger partial charge in [-0.25, -0.2) is 0 Å². The third kappa shape index (κ3) is 3.67. The van der Waals surface area contributed by atoms with E-state index >= 15 is 0 Å². The molecule has 0 atom stereocenters. The lowest BCUT2D eigenvalue weighted by Crippen LogP contribution is -2.53. The van der Waals surface area contributed by atoms with E-state index in [2.05, 4.69) is 12.2 Å². The summed E-state index contributed by atoms with van der Waals surface area (Å²) in [6.07, 6.45) is 7.36. The van der Waals surface area contributed by atoms with Crippen molar-refractivity contribution in [2.75, 3.05) is 26.4 Å². The van der Waals surface area contributed by atoms with E-state index in [9.17, 15) is 5.11 Å². The van der Waals surface area contributed by atoms with Crippen LogP contribution in [-0.2, 0) is 4.74 Å². The molecule has 1 aliphatic heterocycles. The fraction of sp³-hybridized carbons (Fsp3) is 1.00. The van der Waals surface area contributed by atoms with Crippen LogP contribution in [0.5, 0.6) is 0 Å². The Balaban J connectivity index is 1.75. The molecule has 0 amide bonds. The molecular weight excluding hydrogens is 214 g/mol. The topological polar surface area (TPSA) is 41.5 Å². The van der Waals surface area contributed by atoms with E-state index in [1.165, 1.54) is 25.7 Å². The van der Waals surface area contributed by atoms with Gasteiger partial charge in [0.2, 0.25) is 0 Å². The van der Waals surface area contributed by atoms with Gasteiger partial charge in [0, 0.05) is 18.8 Å². The van der Waals surface area contributed by atoms with Crippen LogP contribution in [-0.4, -0.2) is 37.0 Å². The minimum absolute atomic E-state index is 0.0543. The van der Waals surface area contributed by atoms with E-state index in [0.717, 1.165) is 44.4 Å². The number of nitrogens with one attached hydrogen (secondary N) is 1. The Hall–Kier alpha value is -0.120. The predicted octanol–water partition coefficient (Wildman–Crippen LogP) is 1.94. The van der Waals surface area contributed by atoms with Crippen molar-refractivity contribution < 1.29 is 9.84 Å². The van der Waals surface area contributed by atoms with E-state index in [1.807, 2.05) is 0 Å². The molecule has 2 rings (SSSR count). The van der Waals surface area contributed by atoms with E-state index in [1.54, 1.807) is 0 Å². The predicted molar refractivity (Wildman–Crippen MR) is 69.0 cm³/mol. The second-order valence-electron chi connectivity index (χ2n) is 6.06. The summed E-state index contributed by atoms with van der Waals surface area (Å²) in [5.41, 5.74) is -0.0543. The molecule has 2 aliphatic rings. The first-order valence-electron chi connectivity index (χ1n) is 7.18. The molecule has 1 heterocycles. The molecule has 1 saturated carbocycles. The molecule has 17 heavy (non-hydrogen) atoms. The van der Waals surface area contributed by atoms with Crippen molar-refractivity contribution in [3.05, 3.63) is 0 Å². The first kappa shape index (κ1) is 13.3. The third-order valence-electron chi connectivity index (χ3n) is 4.65. The summed E-state index contributed by atoms with van der Waals surface area (Å²) < 4.78 is 5.38. The lowest BCUT2D eigenvalue weighted by atomic mass is 9.82. The maximum absolute atomic E-state index is 9.60. The van der Waals surface area contributed by atoms with Gasteiger partial charge in [-0.3, -0.25) is 0 Å². The van der Waals surface area contributed by atoms with Crippen LogP contribution in [0.15, 0.2) is 0 Å². The molecule has 0 bridgehead atoms. The zero-order chi connectivity index (χ0) is 12.1. The van der Waals surface area contributed by atoms with Crippen LogP contribution in [0.3, 0.4) is 0 Å². The average molecular weight is 241 g/mol. The third-order valence-corrected chi connectivity index (χ3v) is 4.65. The lowest BCUT2D eigenvalue weighted by molar-refractivity contribution is 0.00938. The Kier molecular flexibility index (Phi) is 4.83. The summed E-state index contributed by atoms with van der Waals surface area (Å²) in [5.74, 6) is 1.73. The number of aliphatic hydroxyl groups is 1. The monoisotopic (exact) mass is 241 g/mol. The van der Waals surface area contributed by atoms with Crippen molar-refractivity contribution >= 4 is 0 Å². The van der Waals surface area contributed by atoms with Crippen LogP contribution >= 0.6 is 0 Å². The van der Waals surface area contributed by atoms with Crippen molar-refractivity contribution in [2.45, 2.75) is 51.0 Å². The van der Waals surface area contributed by atoms with Crippen LogP contribution in [0.4, 0.5) is 0 Å². The molecule has 2 fully saturated rings. The average Bonchev–Trinajstić information content (AvgIpc) is 2.39. The van der Waals surface area contributed by atoms with Crippen LogP contribution < -0.4 is 5.32 Å². The van der Waals surface area contributed by atoms with Crippen molar-refractivity contribution in [1.29, 1.82) is 0 Å². The summed E-state index contributed by atoms with van der Waals surface area (Å²) in [6, 6.07) is 0. The Morgan fingerprint density at radius 1 is 1.18 bits per heavy atom. The smallest absolute Gasteiger partial charge is 0.0615 e. The second kappa shape index (κ2) is 6.17. The summed E-state index contributed by atoms with van der Waals surface area (Å²) in [4.78, 5) is 0. The van der Waals surface area contributed by atoms with Crippen molar-refractivity contribution in [3.8, 4) is 0 Å². The quantitative estimate of drug-likeness (QED) is 0.790. The van der Waals surface area contributed by atoms with Gasteiger partial charge < -0.3 is 15.2 Å². The summed E-state index contributed by atoms with van der Waals surface area (Å²) in [6.45, 7) is 5.26. The zero-order valence-electron chi connectivity index (χ0n) is 11.1. The van der Waals surface area contributed by atoms with Crippen molar-refractivity contribution in [2.24, 2.45) is 11.8 Å². The van der Waals surface area contributed by atoms with E-state index < -0.39 is 0 Å². The van der Waals surface area contributed by atoms with Gasteiger partial charge >= 0.3 is 0 Å². The lowest BCUT2D eigenvalue weighted by Gasteiger charge is -2.38. The van der Waals surface area contributed by atoms with E-state index in [0.29, 0.717) is 0 Å². The van der Waals surface area contributed by atoms with Gasteiger partial charge in [0.05, 0.1) is 6.61 Å². The molecule has 0 radical (unpaired) electrons. The van der Waals surface area contributed by atoms with Gasteiger partial charge in [-0.15, -0.1) is 0 Å². The number of hydrogen-bond donors (Lipinski definition) is 2. The van der Waals surface area contributed by atoms with Gasteiger partial charge in [0.1, 0.15) is 0 Å². The van der Waals surface area contributed by atoms with Crippen LogP contribution in [0, 0.1) is 11.8 Å². The van der Waals surface area contributed by atoms with Gasteiger partial charge in [-0.2, -0.15) is 0 Å². The van der Waals surface area contributed by atoms with Gasteiger partial charge in [-0.1, -0.05) is 19.8 Å². The molecule has 100 valence electrons. The van der Waals surface area contributed by atoms with E-state index in [4.69, 9.17) is 4.74 Å². The zero-order valence-corrected chi connectivity index (χ0v) is 11.1. The molecule has 1 aliphatic carbocycles.